The predicted molar refractivity (Wildman–Crippen MR) is 84.6 cm³/mol. The van der Waals surface area contributed by atoms with Gasteiger partial charge >= 0.3 is 0 Å². The van der Waals surface area contributed by atoms with E-state index < -0.39 is 0 Å². The number of halogens is 1. The van der Waals surface area contributed by atoms with E-state index in [1.54, 1.807) is 6.07 Å². The van der Waals surface area contributed by atoms with Gasteiger partial charge in [0.25, 0.3) is 0 Å². The molecular formula is C17H29FN2. The summed E-state index contributed by atoms with van der Waals surface area (Å²) in [5, 5.41) is 3.42. The van der Waals surface area contributed by atoms with Crippen LogP contribution in [0.3, 0.4) is 0 Å². The second-order valence-electron chi connectivity index (χ2n) is 5.61. The Morgan fingerprint density at radius 2 is 1.85 bits per heavy atom. The van der Waals surface area contributed by atoms with Crippen molar-refractivity contribution in [2.24, 2.45) is 0 Å². The summed E-state index contributed by atoms with van der Waals surface area (Å²) in [6.07, 6.45) is 1.01. The van der Waals surface area contributed by atoms with Crippen LogP contribution in [0.5, 0.6) is 0 Å². The van der Waals surface area contributed by atoms with Crippen molar-refractivity contribution in [3.05, 3.63) is 35.1 Å². The molecule has 1 N–H and O–H groups in total. The zero-order valence-corrected chi connectivity index (χ0v) is 13.8. The van der Waals surface area contributed by atoms with Crippen molar-refractivity contribution in [2.45, 2.75) is 52.6 Å². The number of hydrogen-bond acceptors (Lipinski definition) is 2. The second-order valence-corrected chi connectivity index (χ2v) is 5.61. The highest BCUT2D eigenvalue weighted by molar-refractivity contribution is 5.32. The van der Waals surface area contributed by atoms with E-state index in [-0.39, 0.29) is 17.4 Å². The minimum atomic E-state index is -0.163. The molecule has 0 amide bonds. The molecule has 114 valence electrons. The molecule has 2 atom stereocenters. The molecule has 0 heterocycles. The minimum Gasteiger partial charge on any atom is -0.311 e. The van der Waals surface area contributed by atoms with Crippen molar-refractivity contribution < 1.29 is 4.39 Å². The molecule has 0 aliphatic heterocycles. The summed E-state index contributed by atoms with van der Waals surface area (Å²) in [6.45, 7) is 12.9. The van der Waals surface area contributed by atoms with Crippen LogP contribution in [0.4, 0.5) is 4.39 Å². The average Bonchev–Trinajstić information content (AvgIpc) is 2.44. The normalized spacial score (nSPS) is 16.2. The number of nitrogens with zero attached hydrogens (tertiary/aromatic N) is 1. The van der Waals surface area contributed by atoms with Crippen LogP contribution in [0.1, 0.15) is 51.3 Å². The number of aryl methyl sites for hydroxylation is 1. The van der Waals surface area contributed by atoms with Crippen molar-refractivity contribution in [3.63, 3.8) is 0 Å². The summed E-state index contributed by atoms with van der Waals surface area (Å²) in [7, 11) is 1.96. The van der Waals surface area contributed by atoms with Crippen LogP contribution in [0.25, 0.3) is 0 Å². The van der Waals surface area contributed by atoms with Crippen molar-refractivity contribution in [2.75, 3.05) is 20.1 Å². The van der Waals surface area contributed by atoms with Gasteiger partial charge in [0.1, 0.15) is 5.82 Å². The standard InChI is InChI=1S/C17H29FN2/c1-7-17(5,20(8-2)9-3)16(19-6)15-12-14(18)11-10-13(15)4/h10-12,16,19H,7-9H2,1-6H3. The van der Waals surface area contributed by atoms with Crippen molar-refractivity contribution in [1.82, 2.24) is 10.2 Å². The van der Waals surface area contributed by atoms with E-state index in [2.05, 4.69) is 44.8 Å². The Morgan fingerprint density at radius 1 is 1.25 bits per heavy atom. The predicted octanol–water partition coefficient (Wildman–Crippen LogP) is 3.91. The van der Waals surface area contributed by atoms with Crippen LogP contribution in [0, 0.1) is 12.7 Å². The van der Waals surface area contributed by atoms with Gasteiger partial charge in [-0.2, -0.15) is 0 Å². The molecule has 0 saturated carbocycles. The van der Waals surface area contributed by atoms with Gasteiger partial charge in [-0.25, -0.2) is 4.39 Å². The van der Waals surface area contributed by atoms with Gasteiger partial charge in [-0.1, -0.05) is 26.8 Å². The summed E-state index contributed by atoms with van der Waals surface area (Å²) in [6, 6.07) is 5.19. The SMILES string of the molecule is CCN(CC)C(C)(CC)C(NC)c1cc(F)ccc1C. The maximum Gasteiger partial charge on any atom is 0.123 e. The molecule has 20 heavy (non-hydrogen) atoms. The number of hydrogen-bond donors (Lipinski definition) is 1. The Balaban J connectivity index is 3.31. The topological polar surface area (TPSA) is 15.3 Å². The highest BCUT2D eigenvalue weighted by Gasteiger charge is 2.37. The maximum atomic E-state index is 13.7. The van der Waals surface area contributed by atoms with Crippen LogP contribution < -0.4 is 5.32 Å². The van der Waals surface area contributed by atoms with Crippen LogP contribution in [-0.2, 0) is 0 Å². The van der Waals surface area contributed by atoms with Crippen molar-refractivity contribution in [3.8, 4) is 0 Å². The van der Waals surface area contributed by atoms with Crippen LogP contribution in [0.2, 0.25) is 0 Å². The summed E-state index contributed by atoms with van der Waals surface area (Å²) in [5.74, 6) is -0.163. The molecule has 1 aromatic rings. The first kappa shape index (κ1) is 17.1. The highest BCUT2D eigenvalue weighted by atomic mass is 19.1. The van der Waals surface area contributed by atoms with E-state index in [9.17, 15) is 4.39 Å². The average molecular weight is 280 g/mol. The molecule has 2 nitrogen and oxygen atoms in total. The van der Waals surface area contributed by atoms with E-state index in [0.717, 1.165) is 30.6 Å². The third-order valence-corrected chi connectivity index (χ3v) is 4.66. The van der Waals surface area contributed by atoms with E-state index in [4.69, 9.17) is 0 Å². The maximum absolute atomic E-state index is 13.7. The monoisotopic (exact) mass is 280 g/mol. The van der Waals surface area contributed by atoms with E-state index >= 15 is 0 Å². The fraction of sp³-hybridized carbons (Fsp3) is 0.647. The van der Waals surface area contributed by atoms with Gasteiger partial charge < -0.3 is 5.32 Å². The number of benzene rings is 1. The highest BCUT2D eigenvalue weighted by Crippen LogP contribution is 2.35. The largest absolute Gasteiger partial charge is 0.311 e. The number of rotatable bonds is 7. The second kappa shape index (κ2) is 7.19. The number of nitrogens with one attached hydrogen (secondary N) is 1. The van der Waals surface area contributed by atoms with Gasteiger partial charge in [0.2, 0.25) is 0 Å². The molecule has 0 fully saturated rings. The Bertz CT molecular complexity index is 429. The van der Waals surface area contributed by atoms with Gasteiger partial charge in [0.05, 0.1) is 6.04 Å². The number of likely N-dealkylation sites (N-methyl/N-ethyl adjacent to an activating group) is 2. The Hall–Kier alpha value is -0.930. The Morgan fingerprint density at radius 3 is 2.30 bits per heavy atom. The first-order valence-corrected chi connectivity index (χ1v) is 7.62. The van der Waals surface area contributed by atoms with Gasteiger partial charge in [0.15, 0.2) is 0 Å². The van der Waals surface area contributed by atoms with Crippen LogP contribution in [-0.4, -0.2) is 30.6 Å². The molecule has 3 heteroatoms. The fourth-order valence-electron chi connectivity index (χ4n) is 3.28. The quantitative estimate of drug-likeness (QED) is 0.815. The summed E-state index contributed by atoms with van der Waals surface area (Å²) >= 11 is 0. The molecular weight excluding hydrogens is 251 g/mol. The Labute approximate surface area is 123 Å². The van der Waals surface area contributed by atoms with Gasteiger partial charge in [-0.3, -0.25) is 4.90 Å². The van der Waals surface area contributed by atoms with E-state index in [1.165, 1.54) is 6.07 Å². The smallest absolute Gasteiger partial charge is 0.123 e. The van der Waals surface area contributed by atoms with E-state index in [1.807, 2.05) is 13.1 Å². The third kappa shape index (κ3) is 3.21. The molecule has 0 bridgehead atoms. The first-order valence-electron chi connectivity index (χ1n) is 7.62. The molecule has 1 aromatic carbocycles. The fourth-order valence-corrected chi connectivity index (χ4v) is 3.28. The lowest BCUT2D eigenvalue weighted by Crippen LogP contribution is -2.53. The zero-order chi connectivity index (χ0) is 15.3. The zero-order valence-electron chi connectivity index (χ0n) is 13.8. The Kier molecular flexibility index (Phi) is 6.15. The molecule has 0 radical (unpaired) electrons. The lowest BCUT2D eigenvalue weighted by molar-refractivity contribution is 0.0725. The minimum absolute atomic E-state index is 0.0309. The van der Waals surface area contributed by atoms with Crippen LogP contribution in [0.15, 0.2) is 18.2 Å². The van der Waals surface area contributed by atoms with Crippen molar-refractivity contribution >= 4 is 0 Å². The summed E-state index contributed by atoms with van der Waals surface area (Å²) in [5.41, 5.74) is 2.16. The van der Waals surface area contributed by atoms with Crippen molar-refractivity contribution in [1.29, 1.82) is 0 Å². The first-order chi connectivity index (χ1) is 9.44. The molecule has 1 rings (SSSR count). The summed E-state index contributed by atoms with van der Waals surface area (Å²) in [4.78, 5) is 2.46. The molecule has 0 aromatic heterocycles. The van der Waals surface area contributed by atoms with Gasteiger partial charge in [0, 0.05) is 5.54 Å². The molecule has 2 unspecified atom stereocenters. The molecule has 0 aliphatic carbocycles. The molecule has 0 spiro atoms. The van der Waals surface area contributed by atoms with Crippen LogP contribution >= 0.6 is 0 Å². The van der Waals surface area contributed by atoms with E-state index in [0.29, 0.717) is 0 Å². The van der Waals surface area contributed by atoms with Gasteiger partial charge in [-0.05, 0) is 63.7 Å². The molecule has 0 saturated heterocycles. The lowest BCUT2D eigenvalue weighted by atomic mass is 9.81. The third-order valence-electron chi connectivity index (χ3n) is 4.66. The summed E-state index contributed by atoms with van der Waals surface area (Å²) < 4.78 is 13.7. The molecule has 0 aliphatic rings. The van der Waals surface area contributed by atoms with Gasteiger partial charge in [-0.15, -0.1) is 0 Å². The lowest BCUT2D eigenvalue weighted by Gasteiger charge is -2.46.